The van der Waals surface area contributed by atoms with Crippen LogP contribution in [0.1, 0.15) is 11.4 Å². The molecule has 0 amide bonds. The zero-order valence-corrected chi connectivity index (χ0v) is 12.3. The molecule has 3 aromatic heterocycles. The Morgan fingerprint density at radius 2 is 1.91 bits per heavy atom. The average Bonchev–Trinajstić information content (AvgIpc) is 2.93. The zero-order valence-electron chi connectivity index (χ0n) is 12.3. The Balaban J connectivity index is 1.89. The first-order chi connectivity index (χ1) is 11.3. The summed E-state index contributed by atoms with van der Waals surface area (Å²) in [5.74, 6) is 1.11. The highest BCUT2D eigenvalue weighted by atomic mass is 16.3. The summed E-state index contributed by atoms with van der Waals surface area (Å²) in [4.78, 5) is 13.4. The Bertz CT molecular complexity index is 963. The van der Waals surface area contributed by atoms with Crippen LogP contribution in [0, 0.1) is 0 Å². The fraction of sp³-hybridized carbons (Fsp3) is 0.0556. The van der Waals surface area contributed by atoms with E-state index in [1.807, 2.05) is 41.0 Å². The van der Waals surface area contributed by atoms with Crippen molar-refractivity contribution < 1.29 is 5.11 Å². The van der Waals surface area contributed by atoms with E-state index < -0.39 is 0 Å². The van der Waals surface area contributed by atoms with Gasteiger partial charge in [0.15, 0.2) is 5.65 Å². The molecule has 112 valence electrons. The van der Waals surface area contributed by atoms with Crippen molar-refractivity contribution in [1.29, 1.82) is 0 Å². The van der Waals surface area contributed by atoms with Crippen LogP contribution in [0.3, 0.4) is 0 Å². The van der Waals surface area contributed by atoms with Gasteiger partial charge in [-0.25, -0.2) is 9.97 Å². The molecule has 0 aliphatic rings. The Morgan fingerprint density at radius 1 is 1.00 bits per heavy atom. The Hall–Kier alpha value is -3.21. The van der Waals surface area contributed by atoms with Gasteiger partial charge in [-0.15, -0.1) is 0 Å². The van der Waals surface area contributed by atoms with Crippen LogP contribution in [-0.4, -0.2) is 24.6 Å². The highest BCUT2D eigenvalue weighted by Gasteiger charge is 2.14. The second-order valence-corrected chi connectivity index (χ2v) is 5.27. The molecular weight excluding hydrogens is 288 g/mol. The summed E-state index contributed by atoms with van der Waals surface area (Å²) in [7, 11) is 0. The highest BCUT2D eigenvalue weighted by molar-refractivity contribution is 5.73. The number of imidazole rings is 1. The van der Waals surface area contributed by atoms with Crippen molar-refractivity contribution in [2.45, 2.75) is 6.42 Å². The third-order valence-electron chi connectivity index (χ3n) is 3.66. The second kappa shape index (κ2) is 5.53. The number of phenolic OH excluding ortho intramolecular Hbond substituents is 1. The molecule has 0 fully saturated rings. The van der Waals surface area contributed by atoms with Crippen molar-refractivity contribution in [3.8, 4) is 11.4 Å². The van der Waals surface area contributed by atoms with Crippen molar-refractivity contribution in [1.82, 2.24) is 19.5 Å². The Labute approximate surface area is 132 Å². The summed E-state index contributed by atoms with van der Waals surface area (Å²) in [6.45, 7) is 0. The minimum absolute atomic E-state index is 0.254. The molecule has 0 saturated carbocycles. The lowest BCUT2D eigenvalue weighted by Crippen LogP contribution is -2.03. The number of hydrogen-bond acceptors (Lipinski definition) is 4. The number of pyridine rings is 2. The van der Waals surface area contributed by atoms with E-state index in [9.17, 15) is 5.11 Å². The van der Waals surface area contributed by atoms with Gasteiger partial charge in [-0.05, 0) is 42.0 Å². The van der Waals surface area contributed by atoms with Gasteiger partial charge in [0.1, 0.15) is 17.1 Å². The van der Waals surface area contributed by atoms with Crippen LogP contribution in [0.4, 0.5) is 0 Å². The molecule has 0 saturated heterocycles. The zero-order chi connectivity index (χ0) is 15.6. The summed E-state index contributed by atoms with van der Waals surface area (Å²) in [6.07, 6.45) is 5.89. The molecule has 4 aromatic rings. The summed E-state index contributed by atoms with van der Waals surface area (Å²) < 4.78 is 2.01. The number of hydrogen-bond donors (Lipinski definition) is 1. The van der Waals surface area contributed by atoms with Gasteiger partial charge in [-0.3, -0.25) is 9.55 Å². The minimum atomic E-state index is 0.254. The van der Waals surface area contributed by atoms with Gasteiger partial charge in [0, 0.05) is 18.8 Å². The molecule has 0 aliphatic carbocycles. The van der Waals surface area contributed by atoms with Crippen LogP contribution in [0.5, 0.6) is 5.75 Å². The first kappa shape index (κ1) is 13.5. The second-order valence-electron chi connectivity index (χ2n) is 5.27. The lowest BCUT2D eigenvalue weighted by molar-refractivity contribution is 0.474. The van der Waals surface area contributed by atoms with E-state index in [1.165, 1.54) is 0 Å². The minimum Gasteiger partial charge on any atom is -0.508 e. The molecule has 0 atom stereocenters. The Morgan fingerprint density at radius 3 is 2.74 bits per heavy atom. The first-order valence-electron chi connectivity index (χ1n) is 7.32. The van der Waals surface area contributed by atoms with Crippen LogP contribution in [0.25, 0.3) is 16.9 Å². The quantitative estimate of drug-likeness (QED) is 0.631. The molecule has 0 spiro atoms. The van der Waals surface area contributed by atoms with Crippen LogP contribution < -0.4 is 0 Å². The number of fused-ring (bicyclic) bond motifs is 1. The van der Waals surface area contributed by atoms with Crippen LogP contribution in [0.2, 0.25) is 0 Å². The molecule has 0 aliphatic heterocycles. The van der Waals surface area contributed by atoms with Crippen LogP contribution in [0.15, 0.2) is 67.1 Å². The maximum atomic E-state index is 9.67. The van der Waals surface area contributed by atoms with Crippen molar-refractivity contribution in [3.63, 3.8) is 0 Å². The van der Waals surface area contributed by atoms with Gasteiger partial charge in [0.25, 0.3) is 0 Å². The monoisotopic (exact) mass is 302 g/mol. The van der Waals surface area contributed by atoms with Gasteiger partial charge < -0.3 is 5.11 Å². The van der Waals surface area contributed by atoms with Gasteiger partial charge >= 0.3 is 0 Å². The molecular formula is C18H14N4O. The van der Waals surface area contributed by atoms with Crippen LogP contribution in [-0.2, 0) is 6.42 Å². The van der Waals surface area contributed by atoms with E-state index in [0.29, 0.717) is 6.42 Å². The van der Waals surface area contributed by atoms with Gasteiger partial charge in [0.05, 0.1) is 11.9 Å². The number of aromatic hydroxyl groups is 1. The summed E-state index contributed by atoms with van der Waals surface area (Å²) >= 11 is 0. The maximum absolute atomic E-state index is 9.67. The molecule has 1 aromatic carbocycles. The lowest BCUT2D eigenvalue weighted by Gasteiger charge is -2.08. The third kappa shape index (κ3) is 2.53. The number of phenols is 1. The van der Waals surface area contributed by atoms with Crippen molar-refractivity contribution in [2.75, 3.05) is 0 Å². The molecule has 23 heavy (non-hydrogen) atoms. The molecule has 0 unspecified atom stereocenters. The lowest BCUT2D eigenvalue weighted by atomic mass is 10.1. The van der Waals surface area contributed by atoms with Crippen molar-refractivity contribution >= 4 is 11.2 Å². The van der Waals surface area contributed by atoms with Crippen molar-refractivity contribution in [3.05, 3.63) is 78.5 Å². The molecule has 1 N–H and O–H groups in total. The van der Waals surface area contributed by atoms with E-state index in [2.05, 4.69) is 9.97 Å². The fourth-order valence-electron chi connectivity index (χ4n) is 2.68. The van der Waals surface area contributed by atoms with Gasteiger partial charge in [-0.1, -0.05) is 12.1 Å². The highest BCUT2D eigenvalue weighted by Crippen LogP contribution is 2.22. The molecule has 0 radical (unpaired) electrons. The molecule has 4 rings (SSSR count). The topological polar surface area (TPSA) is 63.8 Å². The number of benzene rings is 1. The normalized spacial score (nSPS) is 11.0. The van der Waals surface area contributed by atoms with E-state index in [4.69, 9.17) is 4.98 Å². The van der Waals surface area contributed by atoms with Crippen molar-refractivity contribution in [2.24, 2.45) is 0 Å². The number of aromatic nitrogens is 4. The Kier molecular flexibility index (Phi) is 3.24. The van der Waals surface area contributed by atoms with Crippen LogP contribution >= 0.6 is 0 Å². The van der Waals surface area contributed by atoms with E-state index in [0.717, 1.165) is 28.2 Å². The first-order valence-corrected chi connectivity index (χ1v) is 7.32. The molecule has 5 nitrogen and oxygen atoms in total. The average molecular weight is 302 g/mol. The van der Waals surface area contributed by atoms with E-state index in [-0.39, 0.29) is 5.75 Å². The fourth-order valence-corrected chi connectivity index (χ4v) is 2.68. The third-order valence-corrected chi connectivity index (χ3v) is 3.66. The largest absolute Gasteiger partial charge is 0.508 e. The predicted molar refractivity (Wildman–Crippen MR) is 87.6 cm³/mol. The van der Waals surface area contributed by atoms with Gasteiger partial charge in [0.2, 0.25) is 0 Å². The SMILES string of the molecule is Oc1cccc(Cc2nc3cccnc3n2-c2cccnc2)c1. The molecule has 5 heteroatoms. The van der Waals surface area contributed by atoms with E-state index in [1.54, 1.807) is 30.7 Å². The molecule has 3 heterocycles. The number of rotatable bonds is 3. The standard InChI is InChI=1S/C18H14N4O/c23-15-6-1-4-13(10-15)11-17-21-16-7-3-9-20-18(16)22(17)14-5-2-8-19-12-14/h1-10,12,23H,11H2. The number of nitrogens with zero attached hydrogens (tertiary/aromatic N) is 4. The maximum Gasteiger partial charge on any atom is 0.164 e. The molecule has 0 bridgehead atoms. The van der Waals surface area contributed by atoms with Gasteiger partial charge in [-0.2, -0.15) is 0 Å². The van der Waals surface area contributed by atoms with E-state index >= 15 is 0 Å². The summed E-state index contributed by atoms with van der Waals surface area (Å²) in [6, 6.07) is 14.9. The smallest absolute Gasteiger partial charge is 0.164 e. The predicted octanol–water partition coefficient (Wildman–Crippen LogP) is 3.11. The summed E-state index contributed by atoms with van der Waals surface area (Å²) in [5.41, 5.74) is 3.55. The summed E-state index contributed by atoms with van der Waals surface area (Å²) in [5, 5.41) is 9.67.